The third-order valence-electron chi connectivity index (χ3n) is 4.65. The Morgan fingerprint density at radius 3 is 2.28 bits per heavy atom. The molecule has 0 saturated carbocycles. The van der Waals surface area contributed by atoms with E-state index in [1.54, 1.807) is 48.5 Å². The molecule has 0 aliphatic carbocycles. The lowest BCUT2D eigenvalue weighted by molar-refractivity contribution is -0.119. The fourth-order valence-corrected chi connectivity index (χ4v) is 3.49. The van der Waals surface area contributed by atoms with Gasteiger partial charge < -0.3 is 10.1 Å². The quantitative estimate of drug-likeness (QED) is 0.436. The molecule has 32 heavy (non-hydrogen) atoms. The Bertz CT molecular complexity index is 1260. The van der Waals surface area contributed by atoms with Gasteiger partial charge in [-0.25, -0.2) is 9.69 Å². The smallest absolute Gasteiger partial charge is 0.338 e. The minimum absolute atomic E-state index is 0.0402. The van der Waals surface area contributed by atoms with Crippen LogP contribution in [0.2, 0.25) is 10.0 Å². The zero-order chi connectivity index (χ0) is 22.8. The fourth-order valence-electron chi connectivity index (χ4n) is 3.17. The number of amides is 3. The number of hydrogen-bond acceptors (Lipinski definition) is 5. The van der Waals surface area contributed by atoms with E-state index in [0.717, 1.165) is 4.90 Å². The first-order chi connectivity index (χ1) is 15.3. The molecule has 1 aliphatic heterocycles. The van der Waals surface area contributed by atoms with Crippen LogP contribution < -0.4 is 10.2 Å². The van der Waals surface area contributed by atoms with Crippen molar-refractivity contribution in [1.82, 2.24) is 0 Å². The Labute approximate surface area is 192 Å². The number of benzene rings is 3. The van der Waals surface area contributed by atoms with Crippen molar-refractivity contribution in [3.05, 3.63) is 93.5 Å². The number of esters is 1. The molecule has 7 nitrogen and oxygen atoms in total. The summed E-state index contributed by atoms with van der Waals surface area (Å²) in [5.41, 5.74) is 1.10. The molecule has 0 unspecified atom stereocenters. The molecule has 160 valence electrons. The highest BCUT2D eigenvalue weighted by Gasteiger charge is 2.37. The van der Waals surface area contributed by atoms with Gasteiger partial charge in [-0.1, -0.05) is 29.3 Å². The predicted molar refractivity (Wildman–Crippen MR) is 119 cm³/mol. The van der Waals surface area contributed by atoms with E-state index in [2.05, 4.69) is 5.32 Å². The molecule has 0 atom stereocenters. The minimum atomic E-state index is -0.806. The van der Waals surface area contributed by atoms with Gasteiger partial charge in [0, 0.05) is 15.7 Å². The largest absolute Gasteiger partial charge is 0.452 e. The Balaban J connectivity index is 1.45. The number of hydrogen-bond donors (Lipinski definition) is 1. The van der Waals surface area contributed by atoms with Gasteiger partial charge in [-0.05, 0) is 60.7 Å². The van der Waals surface area contributed by atoms with Crippen LogP contribution in [0, 0.1) is 0 Å². The van der Waals surface area contributed by atoms with Crippen LogP contribution in [0.15, 0.2) is 66.7 Å². The van der Waals surface area contributed by atoms with Crippen molar-refractivity contribution in [2.45, 2.75) is 0 Å². The number of carbonyl (C=O) groups excluding carboxylic acids is 4. The number of imide groups is 1. The maximum atomic E-state index is 12.8. The summed E-state index contributed by atoms with van der Waals surface area (Å²) < 4.78 is 5.03. The summed E-state index contributed by atoms with van der Waals surface area (Å²) >= 11 is 11.7. The third-order valence-corrected chi connectivity index (χ3v) is 5.14. The first-order valence-corrected chi connectivity index (χ1v) is 10.1. The highest BCUT2D eigenvalue weighted by atomic mass is 35.5. The summed E-state index contributed by atoms with van der Waals surface area (Å²) in [5, 5.41) is 3.47. The second-order valence-electron chi connectivity index (χ2n) is 6.82. The average Bonchev–Trinajstić information content (AvgIpc) is 3.02. The molecule has 0 radical (unpaired) electrons. The number of halogens is 2. The Morgan fingerprint density at radius 1 is 0.844 bits per heavy atom. The van der Waals surface area contributed by atoms with E-state index in [1.165, 1.54) is 18.2 Å². The molecular weight excluding hydrogens is 455 g/mol. The van der Waals surface area contributed by atoms with Crippen molar-refractivity contribution in [1.29, 1.82) is 0 Å². The van der Waals surface area contributed by atoms with Gasteiger partial charge in [-0.2, -0.15) is 0 Å². The molecule has 3 aromatic carbocycles. The number of ether oxygens (including phenoxy) is 1. The SMILES string of the molecule is O=C(COC(=O)c1ccc2c(c1)C(=O)N(c1ccc(Cl)cc1)C2=O)Nc1cccc(Cl)c1. The van der Waals surface area contributed by atoms with Crippen molar-refractivity contribution < 1.29 is 23.9 Å². The van der Waals surface area contributed by atoms with E-state index in [9.17, 15) is 19.2 Å². The first-order valence-electron chi connectivity index (χ1n) is 9.34. The van der Waals surface area contributed by atoms with E-state index in [-0.39, 0.29) is 16.7 Å². The normalized spacial score (nSPS) is 12.5. The van der Waals surface area contributed by atoms with Crippen LogP contribution >= 0.6 is 23.2 Å². The number of anilines is 2. The number of carbonyl (C=O) groups is 4. The lowest BCUT2D eigenvalue weighted by atomic mass is 10.1. The second kappa shape index (κ2) is 8.82. The Morgan fingerprint density at radius 2 is 1.56 bits per heavy atom. The molecule has 1 heterocycles. The standard InChI is InChI=1S/C23H14Cl2N2O5/c24-14-5-7-17(8-6-14)27-21(29)18-9-4-13(10-19(18)22(27)30)23(31)32-12-20(28)26-16-3-1-2-15(25)11-16/h1-11H,12H2,(H,26,28). The molecule has 1 aliphatic rings. The second-order valence-corrected chi connectivity index (χ2v) is 7.69. The van der Waals surface area contributed by atoms with Gasteiger partial charge in [0.25, 0.3) is 17.7 Å². The summed E-state index contributed by atoms with van der Waals surface area (Å²) in [4.78, 5) is 50.9. The van der Waals surface area contributed by atoms with Crippen LogP contribution in [-0.2, 0) is 9.53 Å². The summed E-state index contributed by atoms with van der Waals surface area (Å²) in [7, 11) is 0. The van der Waals surface area contributed by atoms with Crippen LogP contribution in [0.4, 0.5) is 11.4 Å². The van der Waals surface area contributed by atoms with Gasteiger partial charge in [-0.3, -0.25) is 14.4 Å². The molecule has 0 spiro atoms. The highest BCUT2D eigenvalue weighted by Crippen LogP contribution is 2.30. The van der Waals surface area contributed by atoms with Gasteiger partial charge in [0.15, 0.2) is 6.61 Å². The van der Waals surface area contributed by atoms with Crippen LogP contribution in [0.25, 0.3) is 0 Å². The molecule has 0 saturated heterocycles. The van der Waals surface area contributed by atoms with Crippen molar-refractivity contribution in [3.8, 4) is 0 Å². The fraction of sp³-hybridized carbons (Fsp3) is 0.0435. The topological polar surface area (TPSA) is 92.8 Å². The van der Waals surface area contributed by atoms with Crippen LogP contribution in [-0.4, -0.2) is 30.3 Å². The zero-order valence-electron chi connectivity index (χ0n) is 16.3. The van der Waals surface area contributed by atoms with Crippen molar-refractivity contribution >= 4 is 58.3 Å². The summed E-state index contributed by atoms with van der Waals surface area (Å²) in [6.07, 6.45) is 0. The van der Waals surface area contributed by atoms with Crippen LogP contribution in [0.5, 0.6) is 0 Å². The molecular formula is C23H14Cl2N2O5. The Kier molecular flexibility index (Phi) is 5.94. The van der Waals surface area contributed by atoms with Gasteiger partial charge in [-0.15, -0.1) is 0 Å². The molecule has 9 heteroatoms. The maximum Gasteiger partial charge on any atom is 0.338 e. The highest BCUT2D eigenvalue weighted by molar-refractivity contribution is 6.35. The molecule has 3 amide bonds. The van der Waals surface area contributed by atoms with E-state index in [0.29, 0.717) is 21.4 Å². The monoisotopic (exact) mass is 468 g/mol. The number of fused-ring (bicyclic) bond motifs is 1. The van der Waals surface area contributed by atoms with Crippen molar-refractivity contribution in [3.63, 3.8) is 0 Å². The van der Waals surface area contributed by atoms with Gasteiger partial charge >= 0.3 is 5.97 Å². The molecule has 0 fully saturated rings. The van der Waals surface area contributed by atoms with Gasteiger partial charge in [0.2, 0.25) is 0 Å². The lowest BCUT2D eigenvalue weighted by Gasteiger charge is -2.13. The van der Waals surface area contributed by atoms with E-state index in [4.69, 9.17) is 27.9 Å². The van der Waals surface area contributed by atoms with Gasteiger partial charge in [0.1, 0.15) is 0 Å². The van der Waals surface area contributed by atoms with Crippen LogP contribution in [0.1, 0.15) is 31.1 Å². The molecule has 0 bridgehead atoms. The van der Waals surface area contributed by atoms with E-state index < -0.39 is 30.3 Å². The lowest BCUT2D eigenvalue weighted by Crippen LogP contribution is -2.29. The molecule has 0 aromatic heterocycles. The zero-order valence-corrected chi connectivity index (χ0v) is 17.8. The number of rotatable bonds is 5. The van der Waals surface area contributed by atoms with Crippen LogP contribution in [0.3, 0.4) is 0 Å². The number of nitrogens with one attached hydrogen (secondary N) is 1. The molecule has 1 N–H and O–H groups in total. The van der Waals surface area contributed by atoms with E-state index >= 15 is 0 Å². The third kappa shape index (κ3) is 4.34. The predicted octanol–water partition coefficient (Wildman–Crippen LogP) is 4.59. The van der Waals surface area contributed by atoms with Crippen molar-refractivity contribution in [2.75, 3.05) is 16.8 Å². The number of nitrogens with zero attached hydrogens (tertiary/aromatic N) is 1. The molecule has 3 aromatic rings. The maximum absolute atomic E-state index is 12.8. The average molecular weight is 469 g/mol. The summed E-state index contributed by atoms with van der Waals surface area (Å²) in [6.45, 7) is -0.536. The first kappa shape index (κ1) is 21.5. The van der Waals surface area contributed by atoms with E-state index in [1.807, 2.05) is 0 Å². The summed E-state index contributed by atoms with van der Waals surface area (Å²) in [5.74, 6) is -2.44. The summed E-state index contributed by atoms with van der Waals surface area (Å²) in [6, 6.07) is 16.8. The Hall–Kier alpha value is -3.68. The molecule has 4 rings (SSSR count). The van der Waals surface area contributed by atoms with Gasteiger partial charge in [0.05, 0.1) is 22.4 Å². The van der Waals surface area contributed by atoms with Crippen molar-refractivity contribution in [2.24, 2.45) is 0 Å². The minimum Gasteiger partial charge on any atom is -0.452 e.